The van der Waals surface area contributed by atoms with Gasteiger partial charge >= 0.3 is 6.03 Å². The minimum absolute atomic E-state index is 0.0126. The third kappa shape index (κ3) is 4.60. The average Bonchev–Trinajstić information content (AvgIpc) is 2.89. The molecular formula is C29H29BrN4O3. The Balaban J connectivity index is 1.18. The third-order valence-electron chi connectivity index (χ3n) is 7.49. The van der Waals surface area contributed by atoms with E-state index < -0.39 is 5.72 Å². The molecule has 2 bridgehead atoms. The van der Waals surface area contributed by atoms with Gasteiger partial charge in [-0.25, -0.2) is 4.79 Å². The Bertz CT molecular complexity index is 1340. The van der Waals surface area contributed by atoms with Crippen molar-refractivity contribution in [2.45, 2.75) is 31.7 Å². The average molecular weight is 561 g/mol. The number of urea groups is 1. The first-order chi connectivity index (χ1) is 17.9. The van der Waals surface area contributed by atoms with Crippen LogP contribution < -0.4 is 15.0 Å². The van der Waals surface area contributed by atoms with Crippen LogP contribution in [-0.2, 0) is 6.54 Å². The molecule has 2 atom stereocenters. The third-order valence-corrected chi connectivity index (χ3v) is 7.99. The predicted octanol–water partition coefficient (Wildman–Crippen LogP) is 5.18. The van der Waals surface area contributed by atoms with Gasteiger partial charge in [-0.05, 0) is 48.9 Å². The van der Waals surface area contributed by atoms with Crippen LogP contribution in [0.5, 0.6) is 5.75 Å². The molecule has 0 spiro atoms. The number of amides is 3. The Kier molecular flexibility index (Phi) is 6.16. The van der Waals surface area contributed by atoms with Crippen molar-refractivity contribution in [1.82, 2.24) is 15.1 Å². The van der Waals surface area contributed by atoms with Gasteiger partial charge in [0.05, 0.1) is 11.7 Å². The fourth-order valence-corrected chi connectivity index (χ4v) is 6.03. The van der Waals surface area contributed by atoms with Crippen LogP contribution in [0.2, 0.25) is 0 Å². The molecule has 0 aliphatic carbocycles. The summed E-state index contributed by atoms with van der Waals surface area (Å²) >= 11 is 3.51. The van der Waals surface area contributed by atoms with Crippen LogP contribution in [0.4, 0.5) is 10.5 Å². The first-order valence-corrected chi connectivity index (χ1v) is 13.4. The van der Waals surface area contributed by atoms with Crippen molar-refractivity contribution in [3.8, 4) is 5.75 Å². The Labute approximate surface area is 225 Å². The zero-order valence-electron chi connectivity index (χ0n) is 20.7. The lowest BCUT2D eigenvalue weighted by molar-refractivity contribution is 0.0377. The summed E-state index contributed by atoms with van der Waals surface area (Å²) in [6.07, 6.45) is 0.601. The van der Waals surface area contributed by atoms with E-state index in [9.17, 15) is 9.59 Å². The molecule has 0 radical (unpaired) electrons. The van der Waals surface area contributed by atoms with Crippen LogP contribution >= 0.6 is 15.9 Å². The van der Waals surface area contributed by atoms with E-state index in [-0.39, 0.29) is 18.0 Å². The van der Waals surface area contributed by atoms with Gasteiger partial charge in [0, 0.05) is 54.7 Å². The number of hydrogen-bond acceptors (Lipinski definition) is 4. The molecule has 0 aromatic heterocycles. The summed E-state index contributed by atoms with van der Waals surface area (Å²) in [5, 5.41) is 3.13. The SMILES string of the molecule is CC12CC(NC(=O)N1c1cccc(C(=O)N3CCN(Cc4ccccc4)CC3)c1)c1cc(Br)ccc1O2. The van der Waals surface area contributed by atoms with Crippen molar-refractivity contribution in [3.05, 3.63) is 94.0 Å². The van der Waals surface area contributed by atoms with Crippen LogP contribution in [0, 0.1) is 0 Å². The lowest BCUT2D eigenvalue weighted by Gasteiger charge is -2.50. The maximum absolute atomic E-state index is 13.4. The molecule has 3 aromatic rings. The lowest BCUT2D eigenvalue weighted by atomic mass is 9.90. The second kappa shape index (κ2) is 9.50. The minimum Gasteiger partial charge on any atom is -0.467 e. The number of nitrogens with one attached hydrogen (secondary N) is 1. The van der Waals surface area contributed by atoms with Gasteiger partial charge in [0.1, 0.15) is 5.75 Å². The van der Waals surface area contributed by atoms with Crippen molar-refractivity contribution in [1.29, 1.82) is 0 Å². The summed E-state index contributed by atoms with van der Waals surface area (Å²) in [5.41, 5.74) is 2.61. The summed E-state index contributed by atoms with van der Waals surface area (Å²) < 4.78 is 7.35. The number of carbonyl (C=O) groups excluding carboxylic acids is 2. The zero-order valence-corrected chi connectivity index (χ0v) is 22.3. The predicted molar refractivity (Wildman–Crippen MR) is 146 cm³/mol. The van der Waals surface area contributed by atoms with Crippen molar-refractivity contribution >= 4 is 33.6 Å². The van der Waals surface area contributed by atoms with Gasteiger partial charge in [0.15, 0.2) is 5.72 Å². The standard InChI is InChI=1S/C29H29BrN4O3/c1-29-18-25(24-17-22(30)10-11-26(24)37-29)31-28(36)34(29)23-9-5-8-21(16-23)27(35)33-14-12-32(13-15-33)19-20-6-3-2-4-7-20/h2-11,16-17,25H,12-15,18-19H2,1H3,(H,31,36). The van der Waals surface area contributed by atoms with Crippen LogP contribution in [0.1, 0.15) is 40.9 Å². The number of carbonyl (C=O) groups is 2. The first kappa shape index (κ1) is 24.0. The molecule has 37 heavy (non-hydrogen) atoms. The van der Waals surface area contributed by atoms with Crippen LogP contribution in [0.3, 0.4) is 0 Å². The number of halogens is 1. The molecule has 3 amide bonds. The molecule has 3 aliphatic heterocycles. The van der Waals surface area contributed by atoms with E-state index in [2.05, 4.69) is 50.4 Å². The Hall–Kier alpha value is -3.36. The number of rotatable bonds is 4. The van der Waals surface area contributed by atoms with E-state index in [0.717, 1.165) is 35.4 Å². The van der Waals surface area contributed by atoms with Crippen LogP contribution in [0.25, 0.3) is 0 Å². The monoisotopic (exact) mass is 560 g/mol. The fraction of sp³-hybridized carbons (Fsp3) is 0.310. The number of piperazine rings is 1. The fourth-order valence-electron chi connectivity index (χ4n) is 5.65. The molecule has 2 fully saturated rings. The van der Waals surface area contributed by atoms with E-state index in [4.69, 9.17) is 4.74 Å². The van der Waals surface area contributed by atoms with Gasteiger partial charge in [0.2, 0.25) is 0 Å². The highest BCUT2D eigenvalue weighted by molar-refractivity contribution is 9.10. The number of anilines is 1. The zero-order chi connectivity index (χ0) is 25.6. The van der Waals surface area contributed by atoms with Crippen molar-refractivity contribution in [2.75, 3.05) is 31.1 Å². The Morgan fingerprint density at radius 3 is 2.59 bits per heavy atom. The normalized spacial score (nSPS) is 23.2. The number of hydrogen-bond donors (Lipinski definition) is 1. The van der Waals surface area contributed by atoms with Crippen molar-refractivity contribution in [2.24, 2.45) is 0 Å². The molecule has 3 heterocycles. The summed E-state index contributed by atoms with van der Waals surface area (Å²) in [5.74, 6) is 0.744. The van der Waals surface area contributed by atoms with Gasteiger partial charge < -0.3 is 15.0 Å². The van der Waals surface area contributed by atoms with E-state index >= 15 is 0 Å². The summed E-state index contributed by atoms with van der Waals surface area (Å²) in [7, 11) is 0. The number of fused-ring (bicyclic) bond motifs is 4. The number of nitrogens with zero attached hydrogens (tertiary/aromatic N) is 3. The van der Waals surface area contributed by atoms with E-state index in [1.54, 1.807) is 4.90 Å². The first-order valence-electron chi connectivity index (χ1n) is 12.6. The summed E-state index contributed by atoms with van der Waals surface area (Å²) in [6, 6.07) is 23.2. The minimum atomic E-state index is -0.863. The maximum Gasteiger partial charge on any atom is 0.325 e. The molecular weight excluding hydrogens is 532 g/mol. The molecule has 8 heteroatoms. The Morgan fingerprint density at radius 2 is 1.81 bits per heavy atom. The van der Waals surface area contributed by atoms with Crippen molar-refractivity contribution < 1.29 is 14.3 Å². The van der Waals surface area contributed by atoms with Crippen LogP contribution in [-0.4, -0.2) is 53.6 Å². The quantitative estimate of drug-likeness (QED) is 0.477. The summed E-state index contributed by atoms with van der Waals surface area (Å²) in [6.45, 7) is 5.84. The van der Waals surface area contributed by atoms with Gasteiger partial charge in [-0.2, -0.15) is 0 Å². The molecule has 190 valence electrons. The topological polar surface area (TPSA) is 65.1 Å². The molecule has 2 saturated heterocycles. The van der Waals surface area contributed by atoms with E-state index in [1.165, 1.54) is 5.56 Å². The van der Waals surface area contributed by atoms with E-state index in [1.807, 2.05) is 60.4 Å². The molecule has 6 rings (SSSR count). The second-order valence-electron chi connectivity index (χ2n) is 10.1. The van der Waals surface area contributed by atoms with Gasteiger partial charge in [-0.1, -0.05) is 52.3 Å². The lowest BCUT2D eigenvalue weighted by Crippen LogP contribution is -2.65. The highest BCUT2D eigenvalue weighted by atomic mass is 79.9. The molecule has 3 aliphatic rings. The number of benzene rings is 3. The smallest absolute Gasteiger partial charge is 0.325 e. The second-order valence-corrected chi connectivity index (χ2v) is 11.0. The van der Waals surface area contributed by atoms with E-state index in [0.29, 0.717) is 30.8 Å². The summed E-state index contributed by atoms with van der Waals surface area (Å²) in [4.78, 5) is 32.6. The van der Waals surface area contributed by atoms with Crippen LogP contribution in [0.15, 0.2) is 77.3 Å². The van der Waals surface area contributed by atoms with Gasteiger partial charge in [-0.3, -0.25) is 14.6 Å². The van der Waals surface area contributed by atoms with Gasteiger partial charge in [0.25, 0.3) is 5.91 Å². The van der Waals surface area contributed by atoms with Crippen molar-refractivity contribution in [3.63, 3.8) is 0 Å². The van der Waals surface area contributed by atoms with Gasteiger partial charge in [-0.15, -0.1) is 0 Å². The maximum atomic E-state index is 13.4. The number of ether oxygens (including phenoxy) is 1. The molecule has 1 N–H and O–H groups in total. The highest BCUT2D eigenvalue weighted by Crippen LogP contribution is 2.46. The molecule has 3 aromatic carbocycles. The Morgan fingerprint density at radius 1 is 1.03 bits per heavy atom. The molecule has 0 saturated carbocycles. The molecule has 2 unspecified atom stereocenters. The molecule has 7 nitrogen and oxygen atoms in total. The highest BCUT2D eigenvalue weighted by Gasteiger charge is 2.50. The largest absolute Gasteiger partial charge is 0.467 e.